The average Bonchev–Trinajstić information content (AvgIpc) is 2.38. The fourth-order valence-electron chi connectivity index (χ4n) is 3.31. The molecule has 4 nitrogen and oxygen atoms in total. The van der Waals surface area contributed by atoms with Gasteiger partial charge in [0.05, 0.1) is 12.2 Å². The molecule has 4 atom stereocenters. The molecule has 4 unspecified atom stereocenters. The van der Waals surface area contributed by atoms with Gasteiger partial charge in [0.25, 0.3) is 0 Å². The number of aliphatic hydroxyl groups excluding tert-OH is 2. The van der Waals surface area contributed by atoms with Crippen LogP contribution in [0.4, 0.5) is 0 Å². The lowest BCUT2D eigenvalue weighted by Crippen LogP contribution is -2.49. The summed E-state index contributed by atoms with van der Waals surface area (Å²) in [4.78, 5) is 0. The Morgan fingerprint density at radius 2 is 1.71 bits per heavy atom. The molecule has 0 saturated heterocycles. The lowest BCUT2D eigenvalue weighted by molar-refractivity contribution is -0.0260. The largest absolute Gasteiger partial charge is 0.436 e. The minimum Gasteiger partial charge on any atom is -0.436 e. The SMILES string of the molecule is CCC[Si](CCC1CCC(O)C(O)C1)(OC)O[Si](C)(C)C. The van der Waals surface area contributed by atoms with Gasteiger partial charge in [-0.05, 0) is 63.3 Å². The smallest absolute Gasteiger partial charge is 0.327 e. The van der Waals surface area contributed by atoms with Gasteiger partial charge < -0.3 is 18.8 Å². The van der Waals surface area contributed by atoms with Gasteiger partial charge in [-0.3, -0.25) is 0 Å². The predicted molar refractivity (Wildman–Crippen MR) is 91.1 cm³/mol. The molecule has 0 aromatic rings. The normalized spacial score (nSPS) is 30.1. The van der Waals surface area contributed by atoms with Gasteiger partial charge in [0.2, 0.25) is 0 Å². The van der Waals surface area contributed by atoms with E-state index in [0.29, 0.717) is 12.3 Å². The van der Waals surface area contributed by atoms with Crippen molar-refractivity contribution in [1.29, 1.82) is 0 Å². The quantitative estimate of drug-likeness (QED) is 0.669. The van der Waals surface area contributed by atoms with Crippen molar-refractivity contribution in [3.05, 3.63) is 0 Å². The van der Waals surface area contributed by atoms with Crippen molar-refractivity contribution in [2.75, 3.05) is 7.11 Å². The number of hydrogen-bond acceptors (Lipinski definition) is 4. The van der Waals surface area contributed by atoms with E-state index in [9.17, 15) is 10.2 Å². The molecule has 0 spiro atoms. The summed E-state index contributed by atoms with van der Waals surface area (Å²) in [6.07, 6.45) is 3.51. The Kier molecular flexibility index (Phi) is 7.56. The third kappa shape index (κ3) is 6.50. The molecular formula is C15H34O4Si2. The molecule has 0 radical (unpaired) electrons. The highest BCUT2D eigenvalue weighted by Crippen LogP contribution is 2.33. The van der Waals surface area contributed by atoms with Crippen molar-refractivity contribution in [2.45, 2.75) is 83.0 Å². The van der Waals surface area contributed by atoms with Gasteiger partial charge in [-0.1, -0.05) is 13.3 Å². The molecule has 0 bridgehead atoms. The van der Waals surface area contributed by atoms with Crippen molar-refractivity contribution >= 4 is 16.9 Å². The molecule has 0 aliphatic heterocycles. The number of hydrogen-bond donors (Lipinski definition) is 2. The van der Waals surface area contributed by atoms with Crippen LogP contribution in [0.2, 0.25) is 31.7 Å². The van der Waals surface area contributed by atoms with E-state index in [2.05, 4.69) is 26.6 Å². The van der Waals surface area contributed by atoms with Crippen LogP contribution in [0.15, 0.2) is 0 Å². The molecule has 21 heavy (non-hydrogen) atoms. The molecule has 1 rings (SSSR count). The maximum Gasteiger partial charge on any atom is 0.327 e. The minimum atomic E-state index is -2.11. The molecule has 0 aromatic heterocycles. The summed E-state index contributed by atoms with van der Waals surface area (Å²) in [5.74, 6) is 0.493. The summed E-state index contributed by atoms with van der Waals surface area (Å²) in [6.45, 7) is 8.87. The molecular weight excluding hydrogens is 300 g/mol. The fourth-order valence-corrected chi connectivity index (χ4v) is 11.2. The van der Waals surface area contributed by atoms with E-state index in [0.717, 1.165) is 37.8 Å². The molecule has 1 aliphatic carbocycles. The van der Waals surface area contributed by atoms with Gasteiger partial charge in [0.1, 0.15) is 0 Å². The third-order valence-electron chi connectivity index (χ3n) is 4.32. The highest BCUT2D eigenvalue weighted by atomic mass is 28.4. The lowest BCUT2D eigenvalue weighted by atomic mass is 9.84. The van der Waals surface area contributed by atoms with E-state index < -0.39 is 29.1 Å². The van der Waals surface area contributed by atoms with Crippen LogP contribution in [0.1, 0.15) is 39.0 Å². The average molecular weight is 335 g/mol. The molecule has 1 fully saturated rings. The van der Waals surface area contributed by atoms with Crippen molar-refractivity contribution in [3.63, 3.8) is 0 Å². The Balaban J connectivity index is 2.60. The van der Waals surface area contributed by atoms with Crippen LogP contribution >= 0.6 is 0 Å². The maximum absolute atomic E-state index is 9.83. The van der Waals surface area contributed by atoms with Gasteiger partial charge in [-0.15, -0.1) is 0 Å². The monoisotopic (exact) mass is 334 g/mol. The van der Waals surface area contributed by atoms with Gasteiger partial charge in [-0.2, -0.15) is 0 Å². The zero-order valence-corrected chi connectivity index (χ0v) is 16.4. The lowest BCUT2D eigenvalue weighted by Gasteiger charge is -2.37. The van der Waals surface area contributed by atoms with Crippen LogP contribution in [-0.4, -0.2) is 46.4 Å². The molecule has 6 heteroatoms. The van der Waals surface area contributed by atoms with Crippen molar-refractivity contribution in [3.8, 4) is 0 Å². The highest BCUT2D eigenvalue weighted by molar-refractivity contribution is 6.82. The molecule has 1 aliphatic rings. The first-order chi connectivity index (χ1) is 9.71. The van der Waals surface area contributed by atoms with E-state index in [1.807, 2.05) is 7.11 Å². The minimum absolute atomic E-state index is 0.493. The summed E-state index contributed by atoms with van der Waals surface area (Å²) in [5, 5.41) is 19.5. The van der Waals surface area contributed by atoms with Crippen LogP contribution in [0.5, 0.6) is 0 Å². The number of aliphatic hydroxyl groups is 2. The summed E-state index contributed by atoms with van der Waals surface area (Å²) >= 11 is 0. The molecule has 1 saturated carbocycles. The molecule has 126 valence electrons. The Morgan fingerprint density at radius 1 is 1.05 bits per heavy atom. The summed E-state index contributed by atoms with van der Waals surface area (Å²) in [5.41, 5.74) is 0. The first-order valence-electron chi connectivity index (χ1n) is 8.33. The van der Waals surface area contributed by atoms with Crippen LogP contribution in [0.3, 0.4) is 0 Å². The first kappa shape index (κ1) is 19.3. The molecule has 0 heterocycles. The second-order valence-electron chi connectivity index (χ2n) is 7.43. The van der Waals surface area contributed by atoms with E-state index in [4.69, 9.17) is 8.54 Å². The Morgan fingerprint density at radius 3 is 2.19 bits per heavy atom. The molecule has 2 N–H and O–H groups in total. The predicted octanol–water partition coefficient (Wildman–Crippen LogP) is 3.25. The van der Waals surface area contributed by atoms with E-state index in [1.54, 1.807) is 0 Å². The Hall–Kier alpha value is 0.274. The van der Waals surface area contributed by atoms with Crippen LogP contribution in [-0.2, 0) is 8.54 Å². The summed E-state index contributed by atoms with van der Waals surface area (Å²) < 4.78 is 12.4. The second kappa shape index (κ2) is 8.22. The third-order valence-corrected chi connectivity index (χ3v) is 11.3. The van der Waals surface area contributed by atoms with Gasteiger partial charge in [-0.25, -0.2) is 0 Å². The Labute approximate surface area is 132 Å². The zero-order chi connectivity index (χ0) is 16.1. The number of rotatable bonds is 8. The van der Waals surface area contributed by atoms with Gasteiger partial charge in [0, 0.05) is 7.11 Å². The van der Waals surface area contributed by atoms with Gasteiger partial charge >= 0.3 is 8.56 Å². The van der Waals surface area contributed by atoms with Crippen LogP contribution in [0, 0.1) is 5.92 Å². The Bertz CT molecular complexity index is 309. The van der Waals surface area contributed by atoms with Crippen LogP contribution in [0.25, 0.3) is 0 Å². The maximum atomic E-state index is 9.83. The van der Waals surface area contributed by atoms with Gasteiger partial charge in [0.15, 0.2) is 8.32 Å². The topological polar surface area (TPSA) is 58.9 Å². The van der Waals surface area contributed by atoms with Crippen molar-refractivity contribution in [1.82, 2.24) is 0 Å². The molecule has 0 amide bonds. The summed E-state index contributed by atoms with van der Waals surface area (Å²) in [7, 11) is -1.92. The second-order valence-corrected chi connectivity index (χ2v) is 15.7. The molecule has 0 aromatic carbocycles. The zero-order valence-electron chi connectivity index (χ0n) is 14.4. The van der Waals surface area contributed by atoms with Crippen LogP contribution < -0.4 is 0 Å². The van der Waals surface area contributed by atoms with E-state index in [-0.39, 0.29) is 0 Å². The highest BCUT2D eigenvalue weighted by Gasteiger charge is 2.40. The standard InChI is InChI=1S/C15H34O4Si2/c1-6-10-21(18-2,19-20(3,4)5)11-9-13-7-8-14(16)15(17)12-13/h13-17H,6-12H2,1-5H3. The van der Waals surface area contributed by atoms with Crippen molar-refractivity contribution in [2.24, 2.45) is 5.92 Å². The summed E-state index contributed by atoms with van der Waals surface area (Å²) in [6, 6.07) is 2.06. The van der Waals surface area contributed by atoms with Crippen molar-refractivity contribution < 1.29 is 18.8 Å². The fraction of sp³-hybridized carbons (Fsp3) is 1.00. The van der Waals surface area contributed by atoms with E-state index in [1.165, 1.54) is 0 Å². The first-order valence-corrected chi connectivity index (χ1v) is 14.0. The van der Waals surface area contributed by atoms with E-state index >= 15 is 0 Å².